The molecular formula is C19H20ClN3O7S. The molecule has 10 nitrogen and oxygen atoms in total. The second-order valence-corrected chi connectivity index (χ2v) is 8.13. The number of alkyl halides is 1. The first-order chi connectivity index (χ1) is 14.7. The van der Waals surface area contributed by atoms with Gasteiger partial charge in [-0.05, 0) is 55.0 Å². The van der Waals surface area contributed by atoms with Gasteiger partial charge in [-0.15, -0.1) is 11.6 Å². The third kappa shape index (κ3) is 6.76. The molecule has 0 bridgehead atoms. The van der Waals surface area contributed by atoms with Gasteiger partial charge in [0.25, 0.3) is 15.8 Å². The highest BCUT2D eigenvalue weighted by Gasteiger charge is 2.21. The molecule has 0 aromatic heterocycles. The van der Waals surface area contributed by atoms with Gasteiger partial charge < -0.3 is 15.3 Å². The number of amides is 1. The number of hydroxylamine groups is 1. The molecule has 4 N–H and O–H groups in total. The molecule has 0 spiro atoms. The number of Topliss-reactive ketones (excluding diaryl/α,β-unsaturated/α-hetero) is 1. The fourth-order valence-electron chi connectivity index (χ4n) is 2.43. The predicted molar refractivity (Wildman–Crippen MR) is 113 cm³/mol. The lowest BCUT2D eigenvalue weighted by atomic mass is 10.0. The number of hydrogen-bond donors (Lipinski definition) is 4. The lowest BCUT2D eigenvalue weighted by Gasteiger charge is -2.11. The molecule has 2 aromatic carbocycles. The standard InChI is InChI=1S/C19H20ClN3O7S/c1-12-10-14(4-7-16(12)18(26)19(27)30-21-8-9-24)23-31(28,29)15-5-2-13(3-6-15)22-17(25)11-20/h2-7,10,21,23-24H,8-9,11H2,1H3,(H,22,25). The molecular weight excluding hydrogens is 450 g/mol. The fraction of sp³-hybridized carbons (Fsp3) is 0.211. The van der Waals surface area contributed by atoms with Gasteiger partial charge in [-0.3, -0.25) is 14.3 Å². The van der Waals surface area contributed by atoms with E-state index in [1.807, 2.05) is 0 Å². The van der Waals surface area contributed by atoms with Gasteiger partial charge in [-0.1, -0.05) is 0 Å². The molecule has 0 saturated heterocycles. The summed E-state index contributed by atoms with van der Waals surface area (Å²) in [6.07, 6.45) is 0. The van der Waals surface area contributed by atoms with E-state index in [1.165, 1.54) is 49.4 Å². The summed E-state index contributed by atoms with van der Waals surface area (Å²) < 4.78 is 27.6. The molecule has 1 amide bonds. The number of halogens is 1. The fourth-order valence-corrected chi connectivity index (χ4v) is 3.54. The van der Waals surface area contributed by atoms with Crippen molar-refractivity contribution in [3.8, 4) is 0 Å². The van der Waals surface area contributed by atoms with E-state index in [2.05, 4.69) is 20.4 Å². The number of ketones is 1. The summed E-state index contributed by atoms with van der Waals surface area (Å²) in [5.41, 5.74) is 3.10. The number of aryl methyl sites for hydroxylation is 1. The van der Waals surface area contributed by atoms with Crippen LogP contribution in [-0.2, 0) is 24.4 Å². The molecule has 0 aliphatic heterocycles. The third-order valence-electron chi connectivity index (χ3n) is 3.86. The summed E-state index contributed by atoms with van der Waals surface area (Å²) in [5, 5.41) is 11.1. The molecule has 0 atom stereocenters. The van der Waals surface area contributed by atoms with E-state index in [1.54, 1.807) is 0 Å². The lowest BCUT2D eigenvalue weighted by Crippen LogP contribution is -2.28. The van der Waals surface area contributed by atoms with Crippen LogP contribution in [0.1, 0.15) is 15.9 Å². The summed E-state index contributed by atoms with van der Waals surface area (Å²) in [5.74, 6) is -2.73. The Bertz CT molecular complexity index is 1070. The van der Waals surface area contributed by atoms with E-state index in [4.69, 9.17) is 16.7 Å². The number of rotatable bonds is 10. The minimum Gasteiger partial charge on any atom is -0.395 e. The number of benzene rings is 2. The number of anilines is 2. The van der Waals surface area contributed by atoms with Crippen molar-refractivity contribution in [3.63, 3.8) is 0 Å². The van der Waals surface area contributed by atoms with E-state index in [0.29, 0.717) is 11.3 Å². The minimum absolute atomic E-state index is 0.0290. The monoisotopic (exact) mass is 469 g/mol. The summed E-state index contributed by atoms with van der Waals surface area (Å²) in [6.45, 7) is 1.23. The highest BCUT2D eigenvalue weighted by Crippen LogP contribution is 2.21. The van der Waals surface area contributed by atoms with Gasteiger partial charge in [0, 0.05) is 16.9 Å². The number of carbonyl (C=O) groups excluding carboxylic acids is 3. The van der Waals surface area contributed by atoms with Crippen molar-refractivity contribution in [2.45, 2.75) is 11.8 Å². The van der Waals surface area contributed by atoms with E-state index in [-0.39, 0.29) is 35.2 Å². The van der Waals surface area contributed by atoms with Crippen molar-refractivity contribution >= 4 is 50.7 Å². The molecule has 0 unspecified atom stereocenters. The van der Waals surface area contributed by atoms with Gasteiger partial charge >= 0.3 is 5.97 Å². The van der Waals surface area contributed by atoms with Crippen molar-refractivity contribution in [2.75, 3.05) is 29.1 Å². The number of hydrogen-bond acceptors (Lipinski definition) is 8. The first kappa shape index (κ1) is 24.3. The van der Waals surface area contributed by atoms with Crippen LogP contribution in [0.25, 0.3) is 0 Å². The van der Waals surface area contributed by atoms with E-state index in [0.717, 1.165) is 0 Å². The first-order valence-electron chi connectivity index (χ1n) is 8.86. The Morgan fingerprint density at radius 3 is 2.29 bits per heavy atom. The van der Waals surface area contributed by atoms with Gasteiger partial charge in [-0.25, -0.2) is 13.2 Å². The van der Waals surface area contributed by atoms with Crippen LogP contribution in [0.4, 0.5) is 11.4 Å². The molecule has 12 heteroatoms. The summed E-state index contributed by atoms with van der Waals surface area (Å²) >= 11 is 5.41. The van der Waals surface area contributed by atoms with Gasteiger partial charge in [0.05, 0.1) is 18.0 Å². The highest BCUT2D eigenvalue weighted by molar-refractivity contribution is 7.92. The molecule has 0 radical (unpaired) electrons. The van der Waals surface area contributed by atoms with Crippen LogP contribution in [0.3, 0.4) is 0 Å². The molecule has 0 saturated carbocycles. The van der Waals surface area contributed by atoms with Crippen molar-refractivity contribution in [3.05, 3.63) is 53.6 Å². The van der Waals surface area contributed by atoms with Gasteiger partial charge in [0.2, 0.25) is 5.91 Å². The Morgan fingerprint density at radius 2 is 1.71 bits per heavy atom. The van der Waals surface area contributed by atoms with E-state index < -0.39 is 27.7 Å². The Balaban J connectivity index is 2.12. The van der Waals surface area contributed by atoms with Crippen LogP contribution in [0.2, 0.25) is 0 Å². The second-order valence-electron chi connectivity index (χ2n) is 6.18. The maximum atomic E-state index is 12.6. The van der Waals surface area contributed by atoms with E-state index >= 15 is 0 Å². The highest BCUT2D eigenvalue weighted by atomic mass is 35.5. The molecule has 0 fully saturated rings. The zero-order chi connectivity index (χ0) is 23.0. The van der Waals surface area contributed by atoms with E-state index in [9.17, 15) is 22.8 Å². The second kappa shape index (κ2) is 10.9. The molecule has 31 heavy (non-hydrogen) atoms. The van der Waals surface area contributed by atoms with Crippen molar-refractivity contribution in [1.82, 2.24) is 5.48 Å². The Kier molecular flexibility index (Phi) is 8.51. The van der Waals surface area contributed by atoms with Crippen molar-refractivity contribution in [1.29, 1.82) is 0 Å². The van der Waals surface area contributed by atoms with Crippen molar-refractivity contribution in [2.24, 2.45) is 0 Å². The minimum atomic E-state index is -3.94. The van der Waals surface area contributed by atoms with Crippen LogP contribution in [0.15, 0.2) is 47.4 Å². The molecule has 166 valence electrons. The Hall–Kier alpha value is -2.99. The van der Waals surface area contributed by atoms with Gasteiger partial charge in [-0.2, -0.15) is 5.48 Å². The smallest absolute Gasteiger partial charge is 0.395 e. The number of nitrogens with one attached hydrogen (secondary N) is 3. The number of carbonyl (C=O) groups is 3. The number of aliphatic hydroxyl groups excluding tert-OH is 1. The summed E-state index contributed by atoms with van der Waals surface area (Å²) in [4.78, 5) is 39.6. The molecule has 0 aliphatic carbocycles. The van der Waals surface area contributed by atoms with Crippen LogP contribution in [0.5, 0.6) is 0 Å². The Morgan fingerprint density at radius 1 is 1.06 bits per heavy atom. The Labute approximate surface area is 183 Å². The molecule has 2 rings (SSSR count). The van der Waals surface area contributed by atoms with Crippen LogP contribution < -0.4 is 15.5 Å². The first-order valence-corrected chi connectivity index (χ1v) is 10.9. The summed E-state index contributed by atoms with van der Waals surface area (Å²) in [6, 6.07) is 9.49. The van der Waals surface area contributed by atoms with Crippen LogP contribution >= 0.6 is 11.6 Å². The molecule has 2 aromatic rings. The zero-order valence-corrected chi connectivity index (χ0v) is 17.9. The predicted octanol–water partition coefficient (Wildman–Crippen LogP) is 1.20. The normalized spacial score (nSPS) is 10.9. The SMILES string of the molecule is Cc1cc(NS(=O)(=O)c2ccc(NC(=O)CCl)cc2)ccc1C(=O)C(=O)ONCCO. The van der Waals surface area contributed by atoms with Crippen LogP contribution in [0, 0.1) is 6.92 Å². The van der Waals surface area contributed by atoms with Crippen molar-refractivity contribution < 1.29 is 32.7 Å². The number of aliphatic hydroxyl groups is 1. The lowest BCUT2D eigenvalue weighted by molar-refractivity contribution is -0.145. The quantitative estimate of drug-likeness (QED) is 0.133. The van der Waals surface area contributed by atoms with Gasteiger partial charge in [0.15, 0.2) is 0 Å². The van der Waals surface area contributed by atoms with Gasteiger partial charge in [0.1, 0.15) is 5.88 Å². The third-order valence-corrected chi connectivity index (χ3v) is 5.50. The van der Waals surface area contributed by atoms with Crippen LogP contribution in [-0.4, -0.2) is 50.2 Å². The largest absolute Gasteiger partial charge is 0.398 e. The maximum Gasteiger partial charge on any atom is 0.398 e. The average Bonchev–Trinajstić information content (AvgIpc) is 2.73. The molecule has 0 heterocycles. The topological polar surface area (TPSA) is 151 Å². The molecule has 0 aliphatic rings. The average molecular weight is 470 g/mol. The summed E-state index contributed by atoms with van der Waals surface area (Å²) in [7, 11) is -3.94. The number of sulfonamides is 1. The maximum absolute atomic E-state index is 12.6. The zero-order valence-electron chi connectivity index (χ0n) is 16.3.